The Balaban J connectivity index is 1.47. The van der Waals surface area contributed by atoms with Crippen molar-refractivity contribution in [3.63, 3.8) is 0 Å². The van der Waals surface area contributed by atoms with Crippen LogP contribution in [0.25, 0.3) is 5.65 Å². The van der Waals surface area contributed by atoms with Gasteiger partial charge in [0.05, 0.1) is 24.0 Å². The zero-order valence-corrected chi connectivity index (χ0v) is 13.8. The molecule has 4 heterocycles. The van der Waals surface area contributed by atoms with Crippen LogP contribution in [-0.4, -0.2) is 53.1 Å². The zero-order chi connectivity index (χ0) is 16.6. The van der Waals surface area contributed by atoms with Crippen molar-refractivity contribution in [2.75, 3.05) is 13.1 Å². The van der Waals surface area contributed by atoms with Crippen LogP contribution in [-0.2, 0) is 13.1 Å². The molecule has 1 fully saturated rings. The van der Waals surface area contributed by atoms with Gasteiger partial charge in [-0.05, 0) is 37.9 Å². The predicted molar refractivity (Wildman–Crippen MR) is 89.4 cm³/mol. The van der Waals surface area contributed by atoms with E-state index < -0.39 is 5.60 Å². The highest BCUT2D eigenvalue weighted by atomic mass is 16.3. The van der Waals surface area contributed by atoms with Gasteiger partial charge in [0.2, 0.25) is 0 Å². The van der Waals surface area contributed by atoms with E-state index in [0.29, 0.717) is 13.1 Å². The molecule has 0 aliphatic carbocycles. The molecule has 3 aromatic heterocycles. The quantitative estimate of drug-likeness (QED) is 0.781. The molecular weight excluding hydrogens is 304 g/mol. The third kappa shape index (κ3) is 3.18. The number of β-amino-alcohol motifs (C(OH)–C–C–N with tert-alkyl or cyclic N) is 1. The molecule has 0 aromatic carbocycles. The first-order valence-corrected chi connectivity index (χ1v) is 8.33. The number of hydrogen-bond donors (Lipinski definition) is 1. The number of aromatic nitrogens is 5. The number of aryl methyl sites for hydroxylation is 1. The van der Waals surface area contributed by atoms with Crippen LogP contribution in [0.1, 0.15) is 24.1 Å². The average molecular weight is 326 g/mol. The Bertz CT molecular complexity index is 827. The van der Waals surface area contributed by atoms with Crippen molar-refractivity contribution in [3.05, 3.63) is 48.2 Å². The van der Waals surface area contributed by atoms with Gasteiger partial charge >= 0.3 is 0 Å². The second-order valence-electron chi connectivity index (χ2n) is 6.84. The summed E-state index contributed by atoms with van der Waals surface area (Å²) in [7, 11) is 0. The molecule has 7 nitrogen and oxygen atoms in total. The molecule has 0 spiro atoms. The molecule has 1 aliphatic heterocycles. The van der Waals surface area contributed by atoms with Crippen LogP contribution in [0.3, 0.4) is 0 Å². The van der Waals surface area contributed by atoms with Crippen LogP contribution in [0.15, 0.2) is 36.9 Å². The Hall–Kier alpha value is -2.25. The Morgan fingerprint density at radius 3 is 3.04 bits per heavy atom. The van der Waals surface area contributed by atoms with Gasteiger partial charge in [-0.1, -0.05) is 11.3 Å². The highest BCUT2D eigenvalue weighted by molar-refractivity contribution is 5.41. The lowest BCUT2D eigenvalue weighted by atomic mass is 9.92. The van der Waals surface area contributed by atoms with Crippen molar-refractivity contribution in [1.82, 2.24) is 29.3 Å². The van der Waals surface area contributed by atoms with Gasteiger partial charge < -0.3 is 9.51 Å². The van der Waals surface area contributed by atoms with Crippen LogP contribution in [0, 0.1) is 6.92 Å². The molecule has 1 saturated heterocycles. The molecule has 0 bridgehead atoms. The first kappa shape index (κ1) is 15.3. The fourth-order valence-corrected chi connectivity index (χ4v) is 3.55. The standard InChI is InChI=1S/C17H22N6O/c1-14-3-4-16-19-15(11-22(16)9-14)10-21-7-2-5-17(24,12-21)13-23-8-6-18-20-23/h3-4,6,8-9,11,24H,2,5,7,10,12-13H2,1H3. The Kier molecular flexibility index (Phi) is 3.82. The lowest BCUT2D eigenvalue weighted by Gasteiger charge is -2.38. The van der Waals surface area contributed by atoms with E-state index in [1.807, 2.05) is 6.07 Å². The number of pyridine rings is 1. The van der Waals surface area contributed by atoms with E-state index in [4.69, 9.17) is 0 Å². The topological polar surface area (TPSA) is 71.5 Å². The number of imidazole rings is 1. The van der Waals surface area contributed by atoms with Gasteiger partial charge in [0.15, 0.2) is 0 Å². The SMILES string of the molecule is Cc1ccc2nc(CN3CCCC(O)(Cn4ccnn4)C3)cn2c1. The van der Waals surface area contributed by atoms with Gasteiger partial charge in [0.25, 0.3) is 0 Å². The molecule has 0 radical (unpaired) electrons. The smallest absolute Gasteiger partial charge is 0.137 e. The van der Waals surface area contributed by atoms with Gasteiger partial charge in [0.1, 0.15) is 5.65 Å². The molecule has 1 unspecified atom stereocenters. The number of hydrogen-bond acceptors (Lipinski definition) is 5. The first-order chi connectivity index (χ1) is 11.6. The average Bonchev–Trinajstić information content (AvgIpc) is 3.15. The summed E-state index contributed by atoms with van der Waals surface area (Å²) in [6.07, 6.45) is 9.35. The Labute approximate surface area is 140 Å². The molecule has 1 aliphatic rings. The summed E-state index contributed by atoms with van der Waals surface area (Å²) in [6.45, 7) is 4.91. The van der Waals surface area contributed by atoms with Crippen LogP contribution in [0.4, 0.5) is 0 Å². The number of piperidine rings is 1. The molecular formula is C17H22N6O. The molecule has 3 aromatic rings. The van der Waals surface area contributed by atoms with Crippen molar-refractivity contribution in [2.24, 2.45) is 0 Å². The van der Waals surface area contributed by atoms with E-state index in [9.17, 15) is 5.11 Å². The molecule has 1 atom stereocenters. The maximum absolute atomic E-state index is 10.9. The summed E-state index contributed by atoms with van der Waals surface area (Å²) in [4.78, 5) is 6.96. The van der Waals surface area contributed by atoms with Gasteiger partial charge in [-0.3, -0.25) is 4.90 Å². The number of nitrogens with zero attached hydrogens (tertiary/aromatic N) is 6. The lowest BCUT2D eigenvalue weighted by Crippen LogP contribution is -2.50. The van der Waals surface area contributed by atoms with Crippen LogP contribution in [0.5, 0.6) is 0 Å². The molecule has 4 rings (SSSR count). The van der Waals surface area contributed by atoms with Crippen LogP contribution in [0.2, 0.25) is 0 Å². The van der Waals surface area contributed by atoms with Crippen molar-refractivity contribution < 1.29 is 5.11 Å². The minimum Gasteiger partial charge on any atom is -0.387 e. The number of fused-ring (bicyclic) bond motifs is 1. The van der Waals surface area contributed by atoms with Crippen molar-refractivity contribution in [2.45, 2.75) is 38.5 Å². The second kappa shape index (κ2) is 5.99. The summed E-state index contributed by atoms with van der Waals surface area (Å²) in [6, 6.07) is 4.11. The summed E-state index contributed by atoms with van der Waals surface area (Å²) >= 11 is 0. The third-order valence-electron chi connectivity index (χ3n) is 4.60. The maximum Gasteiger partial charge on any atom is 0.137 e. The second-order valence-corrected chi connectivity index (χ2v) is 6.84. The fraction of sp³-hybridized carbons (Fsp3) is 0.471. The number of aliphatic hydroxyl groups is 1. The summed E-state index contributed by atoms with van der Waals surface area (Å²) < 4.78 is 3.77. The van der Waals surface area contributed by atoms with E-state index in [1.54, 1.807) is 17.1 Å². The largest absolute Gasteiger partial charge is 0.387 e. The third-order valence-corrected chi connectivity index (χ3v) is 4.60. The van der Waals surface area contributed by atoms with E-state index >= 15 is 0 Å². The summed E-state index contributed by atoms with van der Waals surface area (Å²) in [5, 5.41) is 18.7. The Morgan fingerprint density at radius 2 is 2.21 bits per heavy atom. The summed E-state index contributed by atoms with van der Waals surface area (Å²) in [5.74, 6) is 0. The molecule has 24 heavy (non-hydrogen) atoms. The van der Waals surface area contributed by atoms with Gasteiger partial charge in [-0.2, -0.15) is 0 Å². The normalized spacial score (nSPS) is 22.2. The summed E-state index contributed by atoms with van der Waals surface area (Å²) in [5.41, 5.74) is 2.45. The molecule has 1 N–H and O–H groups in total. The van der Waals surface area contributed by atoms with Gasteiger partial charge in [0, 0.05) is 31.7 Å². The highest BCUT2D eigenvalue weighted by Crippen LogP contribution is 2.24. The number of rotatable bonds is 4. The lowest BCUT2D eigenvalue weighted by molar-refractivity contribution is -0.0480. The predicted octanol–water partition coefficient (Wildman–Crippen LogP) is 1.26. The molecule has 0 amide bonds. The van der Waals surface area contributed by atoms with E-state index in [-0.39, 0.29) is 0 Å². The molecule has 126 valence electrons. The maximum atomic E-state index is 10.9. The van der Waals surface area contributed by atoms with Crippen molar-refractivity contribution in [3.8, 4) is 0 Å². The monoisotopic (exact) mass is 326 g/mol. The minimum atomic E-state index is -0.762. The minimum absolute atomic E-state index is 0.480. The van der Waals surface area contributed by atoms with Gasteiger partial charge in [-0.15, -0.1) is 5.10 Å². The fourth-order valence-electron chi connectivity index (χ4n) is 3.55. The van der Waals surface area contributed by atoms with E-state index in [0.717, 1.165) is 37.3 Å². The van der Waals surface area contributed by atoms with Crippen LogP contribution >= 0.6 is 0 Å². The van der Waals surface area contributed by atoms with E-state index in [1.165, 1.54) is 5.56 Å². The van der Waals surface area contributed by atoms with E-state index in [2.05, 4.69) is 50.0 Å². The van der Waals surface area contributed by atoms with Crippen LogP contribution < -0.4 is 0 Å². The first-order valence-electron chi connectivity index (χ1n) is 8.33. The van der Waals surface area contributed by atoms with Crippen molar-refractivity contribution >= 4 is 5.65 Å². The number of likely N-dealkylation sites (tertiary alicyclic amines) is 1. The van der Waals surface area contributed by atoms with Crippen molar-refractivity contribution in [1.29, 1.82) is 0 Å². The van der Waals surface area contributed by atoms with Gasteiger partial charge in [-0.25, -0.2) is 9.67 Å². The highest BCUT2D eigenvalue weighted by Gasteiger charge is 2.34. The molecule has 7 heteroatoms. The Morgan fingerprint density at radius 1 is 1.29 bits per heavy atom. The zero-order valence-electron chi connectivity index (χ0n) is 13.8. The molecule has 0 saturated carbocycles.